The van der Waals surface area contributed by atoms with Gasteiger partial charge in [0.15, 0.2) is 0 Å². The topological polar surface area (TPSA) is 69.6 Å². The van der Waals surface area contributed by atoms with E-state index in [4.69, 9.17) is 0 Å². The Balaban J connectivity index is 1.85. The van der Waals surface area contributed by atoms with Gasteiger partial charge in [0.1, 0.15) is 0 Å². The van der Waals surface area contributed by atoms with Gasteiger partial charge in [0, 0.05) is 24.6 Å². The van der Waals surface area contributed by atoms with Crippen molar-refractivity contribution in [2.24, 2.45) is 0 Å². The van der Waals surface area contributed by atoms with Crippen LogP contribution in [0, 0.1) is 0 Å². The van der Waals surface area contributed by atoms with Crippen molar-refractivity contribution in [3.63, 3.8) is 0 Å². The molecule has 0 radical (unpaired) electrons. The summed E-state index contributed by atoms with van der Waals surface area (Å²) in [6.07, 6.45) is 2.05. The van der Waals surface area contributed by atoms with Crippen LogP contribution in [-0.2, 0) is 4.79 Å². The Hall–Kier alpha value is -1.88. The molecule has 1 aliphatic rings. The van der Waals surface area contributed by atoms with Gasteiger partial charge in [0.2, 0.25) is 5.91 Å². The number of nitrogens with zero attached hydrogens (tertiary/aromatic N) is 1. The summed E-state index contributed by atoms with van der Waals surface area (Å²) in [6, 6.07) is 8.66. The van der Waals surface area contributed by atoms with Gasteiger partial charge in [-0.2, -0.15) is 0 Å². The molecule has 0 bridgehead atoms. The maximum atomic E-state index is 12.2. The number of carbonyl (C=O) groups is 2. The fourth-order valence-electron chi connectivity index (χ4n) is 2.68. The van der Waals surface area contributed by atoms with Crippen LogP contribution in [0.3, 0.4) is 0 Å². The smallest absolute Gasteiger partial charge is 0.251 e. The van der Waals surface area contributed by atoms with E-state index in [1.165, 1.54) is 0 Å². The number of aliphatic hydroxyl groups is 1. The first kappa shape index (κ1) is 15.5. The zero-order valence-electron chi connectivity index (χ0n) is 12.3. The zero-order chi connectivity index (χ0) is 15.2. The molecule has 114 valence electrons. The van der Waals surface area contributed by atoms with Crippen LogP contribution in [0.4, 0.5) is 0 Å². The van der Waals surface area contributed by atoms with Crippen molar-refractivity contribution in [3.05, 3.63) is 35.9 Å². The SMILES string of the molecule is CC(CC(=O)N1CCC[C@@H]1CO)NC(=O)c1ccccc1. The van der Waals surface area contributed by atoms with E-state index in [-0.39, 0.29) is 36.9 Å². The zero-order valence-corrected chi connectivity index (χ0v) is 12.3. The Morgan fingerprint density at radius 1 is 1.38 bits per heavy atom. The van der Waals surface area contributed by atoms with Crippen molar-refractivity contribution in [3.8, 4) is 0 Å². The molecule has 0 aromatic heterocycles. The maximum absolute atomic E-state index is 12.2. The van der Waals surface area contributed by atoms with Crippen molar-refractivity contribution in [2.75, 3.05) is 13.2 Å². The molecular weight excluding hydrogens is 268 g/mol. The number of amides is 2. The molecule has 0 aliphatic carbocycles. The van der Waals surface area contributed by atoms with Gasteiger partial charge in [-0.15, -0.1) is 0 Å². The molecule has 21 heavy (non-hydrogen) atoms. The molecule has 5 nitrogen and oxygen atoms in total. The average molecular weight is 290 g/mol. The summed E-state index contributed by atoms with van der Waals surface area (Å²) in [5, 5.41) is 12.1. The van der Waals surface area contributed by atoms with Crippen LogP contribution < -0.4 is 5.32 Å². The Labute approximate surface area is 125 Å². The Morgan fingerprint density at radius 2 is 2.10 bits per heavy atom. The normalized spacial score (nSPS) is 19.3. The van der Waals surface area contributed by atoms with Crippen LogP contribution in [0.1, 0.15) is 36.5 Å². The molecular formula is C16H22N2O3. The van der Waals surface area contributed by atoms with Crippen LogP contribution in [0.25, 0.3) is 0 Å². The fourth-order valence-corrected chi connectivity index (χ4v) is 2.68. The number of aliphatic hydroxyl groups excluding tert-OH is 1. The minimum absolute atomic E-state index is 0.00703. The molecule has 1 unspecified atom stereocenters. The highest BCUT2D eigenvalue weighted by molar-refractivity contribution is 5.94. The second-order valence-corrected chi connectivity index (χ2v) is 5.51. The van der Waals surface area contributed by atoms with Crippen molar-refractivity contribution in [2.45, 2.75) is 38.3 Å². The maximum Gasteiger partial charge on any atom is 0.251 e. The van der Waals surface area contributed by atoms with Gasteiger partial charge >= 0.3 is 0 Å². The van der Waals surface area contributed by atoms with Crippen molar-refractivity contribution < 1.29 is 14.7 Å². The molecule has 2 N–H and O–H groups in total. The highest BCUT2D eigenvalue weighted by Gasteiger charge is 2.28. The van der Waals surface area contributed by atoms with Crippen LogP contribution >= 0.6 is 0 Å². The van der Waals surface area contributed by atoms with Crippen LogP contribution in [-0.4, -0.2) is 47.1 Å². The third-order valence-electron chi connectivity index (χ3n) is 3.80. The van der Waals surface area contributed by atoms with E-state index in [2.05, 4.69) is 5.32 Å². The molecule has 1 aromatic carbocycles. The lowest BCUT2D eigenvalue weighted by molar-refractivity contribution is -0.133. The predicted octanol–water partition coefficient (Wildman–Crippen LogP) is 1.18. The largest absolute Gasteiger partial charge is 0.394 e. The number of nitrogens with one attached hydrogen (secondary N) is 1. The van der Waals surface area contributed by atoms with Crippen molar-refractivity contribution in [1.82, 2.24) is 10.2 Å². The quantitative estimate of drug-likeness (QED) is 0.855. The first-order chi connectivity index (χ1) is 10.1. The predicted molar refractivity (Wildman–Crippen MR) is 79.8 cm³/mol. The summed E-state index contributed by atoms with van der Waals surface area (Å²) in [4.78, 5) is 25.9. The molecule has 2 atom stereocenters. The average Bonchev–Trinajstić information content (AvgIpc) is 2.96. The van der Waals surface area contributed by atoms with Gasteiger partial charge in [0.05, 0.1) is 12.6 Å². The highest BCUT2D eigenvalue weighted by atomic mass is 16.3. The van der Waals surface area contributed by atoms with Crippen molar-refractivity contribution >= 4 is 11.8 Å². The van der Waals surface area contributed by atoms with Gasteiger partial charge in [-0.3, -0.25) is 9.59 Å². The second-order valence-electron chi connectivity index (χ2n) is 5.51. The summed E-state index contributed by atoms with van der Waals surface area (Å²) in [7, 11) is 0. The number of hydrogen-bond acceptors (Lipinski definition) is 3. The van der Waals surface area contributed by atoms with E-state index in [0.717, 1.165) is 12.8 Å². The number of rotatable bonds is 5. The molecule has 1 heterocycles. The number of likely N-dealkylation sites (tertiary alicyclic amines) is 1. The number of benzene rings is 1. The third-order valence-corrected chi connectivity index (χ3v) is 3.80. The molecule has 1 aliphatic heterocycles. The molecule has 1 fully saturated rings. The van der Waals surface area contributed by atoms with E-state index in [9.17, 15) is 14.7 Å². The third kappa shape index (κ3) is 4.04. The highest BCUT2D eigenvalue weighted by Crippen LogP contribution is 2.18. The van der Waals surface area contributed by atoms with E-state index in [0.29, 0.717) is 12.1 Å². The summed E-state index contributed by atoms with van der Waals surface area (Å²) < 4.78 is 0. The molecule has 0 saturated carbocycles. The van der Waals surface area contributed by atoms with E-state index < -0.39 is 0 Å². The summed E-state index contributed by atoms with van der Waals surface area (Å²) in [5.74, 6) is -0.177. The molecule has 2 rings (SSSR count). The Morgan fingerprint density at radius 3 is 2.76 bits per heavy atom. The summed E-state index contributed by atoms with van der Waals surface area (Å²) in [5.41, 5.74) is 0.589. The molecule has 1 saturated heterocycles. The number of carbonyl (C=O) groups excluding carboxylic acids is 2. The molecule has 5 heteroatoms. The first-order valence-corrected chi connectivity index (χ1v) is 7.38. The van der Waals surface area contributed by atoms with Gasteiger partial charge in [0.25, 0.3) is 5.91 Å². The second kappa shape index (κ2) is 7.22. The van der Waals surface area contributed by atoms with E-state index in [1.54, 1.807) is 29.2 Å². The summed E-state index contributed by atoms with van der Waals surface area (Å²) in [6.45, 7) is 2.53. The molecule has 1 aromatic rings. The monoisotopic (exact) mass is 290 g/mol. The Kier molecular flexibility index (Phi) is 5.33. The number of hydrogen-bond donors (Lipinski definition) is 2. The van der Waals surface area contributed by atoms with E-state index >= 15 is 0 Å². The van der Waals surface area contributed by atoms with Gasteiger partial charge in [-0.05, 0) is 31.9 Å². The summed E-state index contributed by atoms with van der Waals surface area (Å²) >= 11 is 0. The Bertz CT molecular complexity index is 490. The minimum Gasteiger partial charge on any atom is -0.394 e. The lowest BCUT2D eigenvalue weighted by Crippen LogP contribution is -2.42. The molecule has 2 amide bonds. The van der Waals surface area contributed by atoms with E-state index in [1.807, 2.05) is 13.0 Å². The van der Waals surface area contributed by atoms with Crippen LogP contribution in [0.2, 0.25) is 0 Å². The standard InChI is InChI=1S/C16H22N2O3/c1-12(17-16(21)13-6-3-2-4-7-13)10-15(20)18-9-5-8-14(18)11-19/h2-4,6-7,12,14,19H,5,8-11H2,1H3,(H,17,21)/t12?,14-/m1/s1. The van der Waals surface area contributed by atoms with Gasteiger partial charge in [-0.25, -0.2) is 0 Å². The minimum atomic E-state index is -0.231. The lowest BCUT2D eigenvalue weighted by atomic mass is 10.1. The molecule has 0 spiro atoms. The fraction of sp³-hybridized carbons (Fsp3) is 0.500. The van der Waals surface area contributed by atoms with Crippen LogP contribution in [0.15, 0.2) is 30.3 Å². The first-order valence-electron chi connectivity index (χ1n) is 7.38. The van der Waals surface area contributed by atoms with Crippen LogP contribution in [0.5, 0.6) is 0 Å². The van der Waals surface area contributed by atoms with Crippen molar-refractivity contribution in [1.29, 1.82) is 0 Å². The lowest BCUT2D eigenvalue weighted by Gasteiger charge is -2.24. The van der Waals surface area contributed by atoms with Gasteiger partial charge in [-0.1, -0.05) is 18.2 Å². The van der Waals surface area contributed by atoms with Gasteiger partial charge < -0.3 is 15.3 Å².